The summed E-state index contributed by atoms with van der Waals surface area (Å²) in [7, 11) is -3.90. The first-order valence-corrected chi connectivity index (χ1v) is 8.18. The van der Waals surface area contributed by atoms with Gasteiger partial charge < -0.3 is 9.47 Å². The van der Waals surface area contributed by atoms with Crippen LogP contribution in [0.3, 0.4) is 0 Å². The Bertz CT molecular complexity index is 675. The highest BCUT2D eigenvalue weighted by Gasteiger charge is 2.26. The van der Waals surface area contributed by atoms with Crippen LogP contribution in [0.2, 0.25) is 0 Å². The molecule has 0 radical (unpaired) electrons. The van der Waals surface area contributed by atoms with Gasteiger partial charge in [0, 0.05) is 6.42 Å². The topological polar surface area (TPSA) is 95.7 Å². The Morgan fingerprint density at radius 1 is 1.33 bits per heavy atom. The van der Waals surface area contributed by atoms with Gasteiger partial charge in [-0.05, 0) is 37.5 Å². The smallest absolute Gasteiger partial charge is 0.339 e. The Balaban J connectivity index is 2.45. The average Bonchev–Trinajstić information content (AvgIpc) is 2.78. The number of benzene rings is 1. The Labute approximate surface area is 124 Å². The van der Waals surface area contributed by atoms with E-state index in [0.29, 0.717) is 36.3 Å². The number of sulfonamides is 1. The second kappa shape index (κ2) is 5.75. The molecule has 2 N–H and O–H groups in total. The van der Waals surface area contributed by atoms with Crippen LogP contribution in [0.5, 0.6) is 0 Å². The second-order valence-corrected chi connectivity index (χ2v) is 6.77. The lowest BCUT2D eigenvalue weighted by atomic mass is 9.99. The van der Waals surface area contributed by atoms with E-state index in [9.17, 15) is 13.2 Å². The molecule has 0 bridgehead atoms. The normalized spacial score (nSPS) is 18.8. The van der Waals surface area contributed by atoms with Crippen molar-refractivity contribution in [2.75, 3.05) is 13.2 Å². The summed E-state index contributed by atoms with van der Waals surface area (Å²) in [6.45, 7) is 5.90. The van der Waals surface area contributed by atoms with E-state index in [-0.39, 0.29) is 16.6 Å². The zero-order valence-corrected chi connectivity index (χ0v) is 13.1. The highest BCUT2D eigenvalue weighted by molar-refractivity contribution is 7.89. The molecular formula is C14H19NO5S. The quantitative estimate of drug-likeness (QED) is 0.846. The number of hydrogen-bond acceptors (Lipinski definition) is 5. The first-order valence-electron chi connectivity index (χ1n) is 6.64. The maximum Gasteiger partial charge on any atom is 0.339 e. The first kappa shape index (κ1) is 15.9. The molecule has 1 unspecified atom stereocenters. The van der Waals surface area contributed by atoms with Gasteiger partial charge >= 0.3 is 5.97 Å². The molecule has 0 spiro atoms. The van der Waals surface area contributed by atoms with Gasteiger partial charge in [-0.2, -0.15) is 0 Å². The van der Waals surface area contributed by atoms with Crippen LogP contribution in [0.1, 0.15) is 33.5 Å². The highest BCUT2D eigenvalue weighted by atomic mass is 32.2. The number of hydrogen-bond donors (Lipinski definition) is 1. The number of carbonyl (C=O) groups is 1. The van der Waals surface area contributed by atoms with Gasteiger partial charge in [0.15, 0.2) is 0 Å². The third-order valence-corrected chi connectivity index (χ3v) is 4.75. The summed E-state index contributed by atoms with van der Waals surface area (Å²) in [6.07, 6.45) is 0.369. The van der Waals surface area contributed by atoms with E-state index in [2.05, 4.69) is 0 Å². The molecule has 1 fully saturated rings. The number of carbonyl (C=O) groups excluding carboxylic acids is 1. The Morgan fingerprint density at radius 2 is 2.00 bits per heavy atom. The largest absolute Gasteiger partial charge is 0.456 e. The van der Waals surface area contributed by atoms with Crippen LogP contribution >= 0.6 is 0 Å². The molecule has 2 rings (SSSR count). The molecule has 1 aliphatic heterocycles. The molecular weight excluding hydrogens is 294 g/mol. The van der Waals surface area contributed by atoms with E-state index >= 15 is 0 Å². The first-order chi connectivity index (χ1) is 9.71. The van der Waals surface area contributed by atoms with Crippen molar-refractivity contribution in [3.05, 3.63) is 28.3 Å². The van der Waals surface area contributed by atoms with Gasteiger partial charge in [0.1, 0.15) is 6.10 Å². The summed E-state index contributed by atoms with van der Waals surface area (Å²) >= 11 is 0. The predicted molar refractivity (Wildman–Crippen MR) is 76.7 cm³/mol. The second-order valence-electron chi connectivity index (χ2n) is 5.28. The fourth-order valence-corrected chi connectivity index (χ4v) is 3.77. The fraction of sp³-hybridized carbons (Fsp3) is 0.500. The molecule has 0 aromatic heterocycles. The number of esters is 1. The lowest BCUT2D eigenvalue weighted by Gasteiger charge is -2.17. The van der Waals surface area contributed by atoms with E-state index in [0.717, 1.165) is 0 Å². The van der Waals surface area contributed by atoms with Crippen LogP contribution in [-0.2, 0) is 19.5 Å². The highest BCUT2D eigenvalue weighted by Crippen LogP contribution is 2.26. The van der Waals surface area contributed by atoms with Crippen molar-refractivity contribution in [3.8, 4) is 0 Å². The number of rotatable bonds is 3. The number of aryl methyl sites for hydroxylation is 2. The van der Waals surface area contributed by atoms with E-state index in [4.69, 9.17) is 14.6 Å². The fourth-order valence-electron chi connectivity index (χ4n) is 2.74. The van der Waals surface area contributed by atoms with Gasteiger partial charge in [-0.15, -0.1) is 0 Å². The minimum Gasteiger partial charge on any atom is -0.456 e. The SMILES string of the molecule is Cc1cc(C)c(S(N)(=O)=O)c(C)c1C(=O)OC1CCOC1. The van der Waals surface area contributed by atoms with E-state index in [1.54, 1.807) is 26.8 Å². The maximum absolute atomic E-state index is 12.3. The summed E-state index contributed by atoms with van der Waals surface area (Å²) in [5.74, 6) is -0.537. The molecule has 0 amide bonds. The van der Waals surface area contributed by atoms with Crippen molar-refractivity contribution < 1.29 is 22.7 Å². The van der Waals surface area contributed by atoms with Gasteiger partial charge in [0.2, 0.25) is 10.0 Å². The lowest BCUT2D eigenvalue weighted by molar-refractivity contribution is 0.0268. The van der Waals surface area contributed by atoms with Crippen LogP contribution < -0.4 is 5.14 Å². The average molecular weight is 313 g/mol. The lowest BCUT2D eigenvalue weighted by Crippen LogP contribution is -2.22. The standard InChI is InChI=1S/C14H19NO5S/c1-8-6-9(2)13(21(15,17)18)10(3)12(8)14(16)20-11-4-5-19-7-11/h6,11H,4-5,7H2,1-3H3,(H2,15,17,18). The van der Waals surface area contributed by atoms with Gasteiger partial charge in [0.05, 0.1) is 23.7 Å². The zero-order chi connectivity index (χ0) is 15.8. The minimum atomic E-state index is -3.90. The molecule has 1 atom stereocenters. The summed E-state index contributed by atoms with van der Waals surface area (Å²) in [4.78, 5) is 12.3. The number of ether oxygens (including phenoxy) is 2. The molecule has 1 heterocycles. The van der Waals surface area contributed by atoms with Crippen LogP contribution in [0.15, 0.2) is 11.0 Å². The monoisotopic (exact) mass is 313 g/mol. The molecule has 21 heavy (non-hydrogen) atoms. The zero-order valence-electron chi connectivity index (χ0n) is 12.3. The molecule has 1 aromatic carbocycles. The summed E-state index contributed by atoms with van der Waals surface area (Å²) in [5, 5.41) is 5.24. The predicted octanol–water partition coefficient (Wildman–Crippen LogP) is 1.20. The summed E-state index contributed by atoms with van der Waals surface area (Å²) in [5.41, 5.74) is 1.78. The van der Waals surface area contributed by atoms with Crippen molar-refractivity contribution in [1.82, 2.24) is 0 Å². The van der Waals surface area contributed by atoms with Crippen LogP contribution in [0.4, 0.5) is 0 Å². The van der Waals surface area contributed by atoms with Crippen molar-refractivity contribution in [2.24, 2.45) is 5.14 Å². The van der Waals surface area contributed by atoms with Crippen LogP contribution in [0, 0.1) is 20.8 Å². The van der Waals surface area contributed by atoms with Crippen LogP contribution in [0.25, 0.3) is 0 Å². The van der Waals surface area contributed by atoms with Gasteiger partial charge in [-0.3, -0.25) is 0 Å². The molecule has 0 saturated carbocycles. The Kier molecular flexibility index (Phi) is 4.36. The summed E-state index contributed by atoms with van der Waals surface area (Å²) in [6, 6.07) is 1.63. The molecule has 1 aromatic rings. The van der Waals surface area contributed by atoms with Crippen LogP contribution in [-0.4, -0.2) is 33.7 Å². The minimum absolute atomic E-state index is 0.0114. The maximum atomic E-state index is 12.3. The molecule has 116 valence electrons. The van der Waals surface area contributed by atoms with E-state index in [1.165, 1.54) is 0 Å². The van der Waals surface area contributed by atoms with Crippen molar-refractivity contribution in [3.63, 3.8) is 0 Å². The van der Waals surface area contributed by atoms with Gasteiger partial charge in [0.25, 0.3) is 0 Å². The van der Waals surface area contributed by atoms with Gasteiger partial charge in [-0.25, -0.2) is 18.4 Å². The summed E-state index contributed by atoms with van der Waals surface area (Å²) < 4.78 is 33.9. The van der Waals surface area contributed by atoms with Crippen molar-refractivity contribution in [2.45, 2.75) is 38.2 Å². The van der Waals surface area contributed by atoms with E-state index < -0.39 is 16.0 Å². The molecule has 1 saturated heterocycles. The molecule has 6 nitrogen and oxygen atoms in total. The van der Waals surface area contributed by atoms with Gasteiger partial charge in [-0.1, -0.05) is 6.07 Å². The van der Waals surface area contributed by atoms with Crippen molar-refractivity contribution >= 4 is 16.0 Å². The third kappa shape index (κ3) is 3.25. The molecule has 0 aliphatic carbocycles. The Hall–Kier alpha value is -1.44. The Morgan fingerprint density at radius 3 is 2.52 bits per heavy atom. The third-order valence-electron chi connectivity index (χ3n) is 3.55. The van der Waals surface area contributed by atoms with Crippen molar-refractivity contribution in [1.29, 1.82) is 0 Å². The molecule has 7 heteroatoms. The molecule has 1 aliphatic rings. The van der Waals surface area contributed by atoms with E-state index in [1.807, 2.05) is 0 Å². The number of nitrogens with two attached hydrogens (primary N) is 1. The number of primary sulfonamides is 1.